The summed E-state index contributed by atoms with van der Waals surface area (Å²) in [4.78, 5) is 17.8. The predicted molar refractivity (Wildman–Crippen MR) is 104 cm³/mol. The summed E-state index contributed by atoms with van der Waals surface area (Å²) in [5.74, 6) is 0.864. The average molecular weight is 356 g/mol. The first-order valence-electron chi connectivity index (χ1n) is 8.68. The number of aromatic nitrogens is 3. The molecule has 3 heterocycles. The number of thiazole rings is 1. The fourth-order valence-electron chi connectivity index (χ4n) is 3.24. The fourth-order valence-corrected chi connectivity index (χ4v) is 4.46. The van der Waals surface area contributed by atoms with Crippen LogP contribution in [0.1, 0.15) is 11.9 Å². The van der Waals surface area contributed by atoms with Crippen LogP contribution in [0.3, 0.4) is 0 Å². The first-order chi connectivity index (χ1) is 12.1. The molecule has 7 heteroatoms. The Bertz CT molecular complexity index is 834. The zero-order chi connectivity index (χ0) is 17.4. The molecule has 2 aromatic heterocycles. The third-order valence-corrected chi connectivity index (χ3v) is 5.48. The average Bonchev–Trinajstić information content (AvgIpc) is 3.17. The largest absolute Gasteiger partial charge is 0.359 e. The molecule has 0 unspecified atom stereocenters. The number of imidazole rings is 1. The summed E-state index contributed by atoms with van der Waals surface area (Å²) in [6.45, 7) is 6.08. The molecule has 1 aliphatic rings. The molecule has 0 amide bonds. The van der Waals surface area contributed by atoms with Crippen molar-refractivity contribution < 1.29 is 0 Å². The van der Waals surface area contributed by atoms with E-state index in [1.54, 1.807) is 11.3 Å². The van der Waals surface area contributed by atoms with Crippen LogP contribution in [0.4, 0.5) is 5.00 Å². The SMILES string of the molecule is C[C@@H]1CN(c2sc(CN(C)C)nc2-c2nc3ccccc3[nH]2)CCN1. The normalized spacial score (nSPS) is 18.4. The third kappa shape index (κ3) is 3.40. The van der Waals surface area contributed by atoms with E-state index in [2.05, 4.69) is 47.2 Å². The molecule has 25 heavy (non-hydrogen) atoms. The lowest BCUT2D eigenvalue weighted by Crippen LogP contribution is -2.49. The fraction of sp³-hybridized carbons (Fsp3) is 0.444. The van der Waals surface area contributed by atoms with E-state index >= 15 is 0 Å². The van der Waals surface area contributed by atoms with Gasteiger partial charge in [0, 0.05) is 32.2 Å². The number of para-hydroxylation sites is 2. The number of aromatic amines is 1. The molecule has 1 aliphatic heterocycles. The van der Waals surface area contributed by atoms with Crippen LogP contribution in [0, 0.1) is 0 Å². The number of fused-ring (bicyclic) bond motifs is 1. The lowest BCUT2D eigenvalue weighted by molar-refractivity contribution is 0.401. The van der Waals surface area contributed by atoms with Gasteiger partial charge in [-0.3, -0.25) is 0 Å². The number of nitrogens with zero attached hydrogens (tertiary/aromatic N) is 4. The molecule has 132 valence electrons. The van der Waals surface area contributed by atoms with E-state index in [0.29, 0.717) is 6.04 Å². The van der Waals surface area contributed by atoms with Crippen LogP contribution in [-0.2, 0) is 6.54 Å². The predicted octanol–water partition coefficient (Wildman–Crippen LogP) is 2.55. The Balaban J connectivity index is 1.77. The maximum Gasteiger partial charge on any atom is 0.160 e. The standard InChI is InChI=1S/C18H24N6S/c1-12-10-24(9-8-19-12)18-16(22-15(25-18)11-23(2)3)17-20-13-6-4-5-7-14(13)21-17/h4-7,12,19H,8-11H2,1-3H3,(H,20,21)/t12-/m1/s1. The highest BCUT2D eigenvalue weighted by Gasteiger charge is 2.24. The Morgan fingerprint density at radius 1 is 1.28 bits per heavy atom. The maximum atomic E-state index is 4.94. The monoisotopic (exact) mass is 356 g/mol. The lowest BCUT2D eigenvalue weighted by atomic mass is 10.2. The van der Waals surface area contributed by atoms with Crippen molar-refractivity contribution >= 4 is 27.4 Å². The first-order valence-corrected chi connectivity index (χ1v) is 9.49. The van der Waals surface area contributed by atoms with Gasteiger partial charge in [0.1, 0.15) is 15.7 Å². The summed E-state index contributed by atoms with van der Waals surface area (Å²) in [6, 6.07) is 8.63. The van der Waals surface area contributed by atoms with Gasteiger partial charge in [-0.2, -0.15) is 0 Å². The van der Waals surface area contributed by atoms with Gasteiger partial charge in [-0.15, -0.1) is 0 Å². The van der Waals surface area contributed by atoms with Gasteiger partial charge in [0.05, 0.1) is 11.0 Å². The molecule has 0 radical (unpaired) electrons. The van der Waals surface area contributed by atoms with Crippen LogP contribution in [-0.4, -0.2) is 59.6 Å². The zero-order valence-corrected chi connectivity index (χ0v) is 15.7. The molecule has 2 N–H and O–H groups in total. The second-order valence-corrected chi connectivity index (χ2v) is 7.96. The first kappa shape index (κ1) is 16.5. The van der Waals surface area contributed by atoms with Gasteiger partial charge < -0.3 is 20.1 Å². The number of H-pyrrole nitrogens is 1. The molecule has 4 rings (SSSR count). The molecule has 1 saturated heterocycles. The number of nitrogens with one attached hydrogen (secondary N) is 2. The second-order valence-electron chi connectivity index (χ2n) is 6.90. The number of hydrogen-bond acceptors (Lipinski definition) is 6. The van der Waals surface area contributed by atoms with Gasteiger partial charge in [0.15, 0.2) is 5.82 Å². The highest BCUT2D eigenvalue weighted by Crippen LogP contribution is 2.36. The summed E-state index contributed by atoms with van der Waals surface area (Å²) < 4.78 is 0. The number of anilines is 1. The minimum absolute atomic E-state index is 0.483. The summed E-state index contributed by atoms with van der Waals surface area (Å²) >= 11 is 1.79. The molecule has 1 fully saturated rings. The van der Waals surface area contributed by atoms with Gasteiger partial charge in [-0.25, -0.2) is 9.97 Å². The number of benzene rings is 1. The van der Waals surface area contributed by atoms with Crippen LogP contribution in [0.2, 0.25) is 0 Å². The van der Waals surface area contributed by atoms with E-state index in [-0.39, 0.29) is 0 Å². The zero-order valence-electron chi connectivity index (χ0n) is 14.9. The highest BCUT2D eigenvalue weighted by molar-refractivity contribution is 7.16. The molecule has 0 bridgehead atoms. The molecule has 0 saturated carbocycles. The van der Waals surface area contributed by atoms with Crippen molar-refractivity contribution in [1.82, 2.24) is 25.2 Å². The lowest BCUT2D eigenvalue weighted by Gasteiger charge is -2.32. The van der Waals surface area contributed by atoms with Crippen molar-refractivity contribution in [3.8, 4) is 11.5 Å². The Kier molecular flexibility index (Phi) is 4.45. The molecule has 1 atom stereocenters. The van der Waals surface area contributed by atoms with Gasteiger partial charge >= 0.3 is 0 Å². The maximum absolute atomic E-state index is 4.94. The van der Waals surface area contributed by atoms with E-state index in [0.717, 1.165) is 53.7 Å². The summed E-state index contributed by atoms with van der Waals surface area (Å²) in [7, 11) is 4.16. The van der Waals surface area contributed by atoms with Crippen LogP contribution >= 0.6 is 11.3 Å². The highest BCUT2D eigenvalue weighted by atomic mass is 32.1. The third-order valence-electron chi connectivity index (χ3n) is 4.37. The number of hydrogen-bond donors (Lipinski definition) is 2. The molecule has 1 aromatic carbocycles. The van der Waals surface area contributed by atoms with Crippen LogP contribution < -0.4 is 10.2 Å². The van der Waals surface area contributed by atoms with Gasteiger partial charge in [-0.05, 0) is 33.2 Å². The van der Waals surface area contributed by atoms with Gasteiger partial charge in [0.2, 0.25) is 0 Å². The second kappa shape index (κ2) is 6.74. The van der Waals surface area contributed by atoms with E-state index < -0.39 is 0 Å². The van der Waals surface area contributed by atoms with E-state index in [9.17, 15) is 0 Å². The molecule has 0 spiro atoms. The van der Waals surface area contributed by atoms with Crippen molar-refractivity contribution in [2.24, 2.45) is 0 Å². The van der Waals surface area contributed by atoms with Crippen molar-refractivity contribution in [1.29, 1.82) is 0 Å². The summed E-state index contributed by atoms with van der Waals surface area (Å²) in [5.41, 5.74) is 3.02. The Morgan fingerprint density at radius 2 is 2.12 bits per heavy atom. The van der Waals surface area contributed by atoms with E-state index in [4.69, 9.17) is 9.97 Å². The van der Waals surface area contributed by atoms with E-state index in [1.165, 1.54) is 5.00 Å². The number of piperazine rings is 1. The molecular weight excluding hydrogens is 332 g/mol. The number of rotatable bonds is 4. The molecular formula is C18H24N6S. The topological polar surface area (TPSA) is 60.1 Å². The Hall–Kier alpha value is -1.96. The minimum Gasteiger partial charge on any atom is -0.359 e. The van der Waals surface area contributed by atoms with Crippen LogP contribution in [0.5, 0.6) is 0 Å². The van der Waals surface area contributed by atoms with E-state index in [1.807, 2.05) is 18.2 Å². The van der Waals surface area contributed by atoms with Gasteiger partial charge in [0.25, 0.3) is 0 Å². The molecule has 0 aliphatic carbocycles. The van der Waals surface area contributed by atoms with Crippen molar-refractivity contribution in [3.05, 3.63) is 29.3 Å². The minimum atomic E-state index is 0.483. The van der Waals surface area contributed by atoms with Crippen molar-refractivity contribution in [3.63, 3.8) is 0 Å². The smallest absolute Gasteiger partial charge is 0.160 e. The quantitative estimate of drug-likeness (QED) is 0.752. The van der Waals surface area contributed by atoms with Gasteiger partial charge in [-0.1, -0.05) is 23.5 Å². The van der Waals surface area contributed by atoms with Crippen molar-refractivity contribution in [2.75, 3.05) is 38.6 Å². The Morgan fingerprint density at radius 3 is 2.88 bits per heavy atom. The Labute approximate surface area is 151 Å². The molecule has 3 aromatic rings. The molecule has 6 nitrogen and oxygen atoms in total. The van der Waals surface area contributed by atoms with Crippen LogP contribution in [0.15, 0.2) is 24.3 Å². The van der Waals surface area contributed by atoms with Crippen LogP contribution in [0.25, 0.3) is 22.6 Å². The summed E-state index contributed by atoms with van der Waals surface area (Å²) in [5, 5.41) is 5.87. The van der Waals surface area contributed by atoms with Crippen molar-refractivity contribution in [2.45, 2.75) is 19.5 Å². The summed E-state index contributed by atoms with van der Waals surface area (Å²) in [6.07, 6.45) is 0.